The topological polar surface area (TPSA) is 47.0 Å². The van der Waals surface area contributed by atoms with E-state index in [4.69, 9.17) is 16.3 Å². The number of aromatic nitrogens is 2. The van der Waals surface area contributed by atoms with Crippen molar-refractivity contribution in [1.29, 1.82) is 0 Å². The molecule has 4 nitrogen and oxygen atoms in total. The summed E-state index contributed by atoms with van der Waals surface area (Å²) < 4.78 is 5.37. The van der Waals surface area contributed by atoms with E-state index in [1.165, 1.54) is 0 Å². The number of nitrogens with one attached hydrogen (secondary N) is 1. The van der Waals surface area contributed by atoms with Crippen molar-refractivity contribution >= 4 is 28.3 Å². The molecule has 0 aliphatic carbocycles. The zero-order valence-electron chi connectivity index (χ0n) is 12.2. The van der Waals surface area contributed by atoms with E-state index in [2.05, 4.69) is 15.3 Å². The molecule has 22 heavy (non-hydrogen) atoms. The Labute approximate surface area is 134 Å². The van der Waals surface area contributed by atoms with Crippen LogP contribution >= 0.6 is 11.6 Å². The van der Waals surface area contributed by atoms with Crippen molar-refractivity contribution in [2.75, 3.05) is 12.4 Å². The summed E-state index contributed by atoms with van der Waals surface area (Å²) in [6.45, 7) is 0.618. The minimum atomic E-state index is 0.286. The number of nitrogens with zero attached hydrogens (tertiary/aromatic N) is 2. The van der Waals surface area contributed by atoms with Gasteiger partial charge in [-0.2, -0.15) is 0 Å². The highest BCUT2D eigenvalue weighted by Gasteiger charge is 2.08. The molecule has 1 N–H and O–H groups in total. The Morgan fingerprint density at radius 3 is 2.64 bits per heavy atom. The summed E-state index contributed by atoms with van der Waals surface area (Å²) in [7, 11) is 1.67. The maximum absolute atomic E-state index is 5.89. The summed E-state index contributed by atoms with van der Waals surface area (Å²) >= 11 is 5.89. The first-order valence-electron chi connectivity index (χ1n) is 6.99. The quantitative estimate of drug-likeness (QED) is 0.724. The number of halogens is 1. The van der Waals surface area contributed by atoms with Gasteiger partial charge in [0.05, 0.1) is 18.5 Å². The zero-order valence-corrected chi connectivity index (χ0v) is 13.0. The fourth-order valence-corrected chi connectivity index (χ4v) is 2.47. The first-order chi connectivity index (χ1) is 10.8. The summed E-state index contributed by atoms with van der Waals surface area (Å²) in [5, 5.41) is 4.34. The van der Waals surface area contributed by atoms with Gasteiger partial charge in [-0.1, -0.05) is 30.3 Å². The van der Waals surface area contributed by atoms with Crippen molar-refractivity contribution < 1.29 is 4.74 Å². The van der Waals surface area contributed by atoms with Gasteiger partial charge in [-0.3, -0.25) is 0 Å². The molecule has 1 heterocycles. The van der Waals surface area contributed by atoms with Crippen LogP contribution in [0, 0.1) is 0 Å². The number of rotatable bonds is 5. The summed E-state index contributed by atoms with van der Waals surface area (Å²) in [5.74, 6) is 2.54. The lowest BCUT2D eigenvalue weighted by molar-refractivity contribution is 0.410. The second-order valence-corrected chi connectivity index (χ2v) is 5.07. The number of alkyl halides is 1. The highest BCUT2D eigenvalue weighted by atomic mass is 35.5. The fraction of sp³-hybridized carbons (Fsp3) is 0.176. The van der Waals surface area contributed by atoms with E-state index in [1.54, 1.807) is 7.11 Å². The van der Waals surface area contributed by atoms with Crippen LogP contribution in [0.15, 0.2) is 48.5 Å². The summed E-state index contributed by atoms with van der Waals surface area (Å²) in [4.78, 5) is 8.93. The Morgan fingerprint density at radius 1 is 1.05 bits per heavy atom. The van der Waals surface area contributed by atoms with Gasteiger partial charge in [0.2, 0.25) is 0 Å². The molecule has 0 atom stereocenters. The van der Waals surface area contributed by atoms with Gasteiger partial charge >= 0.3 is 0 Å². The number of hydrogen-bond donors (Lipinski definition) is 1. The number of benzene rings is 2. The van der Waals surface area contributed by atoms with Crippen LogP contribution in [0.5, 0.6) is 5.75 Å². The molecule has 3 rings (SSSR count). The van der Waals surface area contributed by atoms with Crippen LogP contribution in [0.25, 0.3) is 10.9 Å². The monoisotopic (exact) mass is 313 g/mol. The number of fused-ring (bicyclic) bond motifs is 1. The molecular formula is C17H16ClN3O. The summed E-state index contributed by atoms with van der Waals surface area (Å²) in [6.07, 6.45) is 0. The van der Waals surface area contributed by atoms with Crippen LogP contribution in [0.3, 0.4) is 0 Å². The standard InChI is InChI=1S/C17H16ClN3O/c1-22-15-9-5-2-6-12(15)11-19-17-13-7-3-4-8-14(13)20-16(10-18)21-17/h2-9H,10-11H2,1H3,(H,19,20,21). The number of methoxy groups -OCH3 is 1. The highest BCUT2D eigenvalue weighted by molar-refractivity contribution is 6.16. The normalized spacial score (nSPS) is 10.6. The van der Waals surface area contributed by atoms with Crippen LogP contribution in [-0.2, 0) is 12.4 Å². The van der Waals surface area contributed by atoms with Gasteiger partial charge in [-0.05, 0) is 18.2 Å². The number of ether oxygens (including phenoxy) is 1. The van der Waals surface area contributed by atoms with Crippen LogP contribution < -0.4 is 10.1 Å². The summed E-state index contributed by atoms with van der Waals surface area (Å²) in [6, 6.07) is 15.8. The number of anilines is 1. The maximum Gasteiger partial charge on any atom is 0.146 e. The van der Waals surface area contributed by atoms with Crippen molar-refractivity contribution in [3.05, 3.63) is 59.9 Å². The Hall–Kier alpha value is -2.33. The first kappa shape index (κ1) is 14.6. The summed E-state index contributed by atoms with van der Waals surface area (Å²) in [5.41, 5.74) is 1.95. The van der Waals surface area contributed by atoms with Crippen molar-refractivity contribution in [3.8, 4) is 5.75 Å². The zero-order chi connectivity index (χ0) is 15.4. The van der Waals surface area contributed by atoms with E-state index in [-0.39, 0.29) is 5.88 Å². The molecule has 1 aromatic heterocycles. The van der Waals surface area contributed by atoms with Gasteiger partial charge in [0.1, 0.15) is 17.4 Å². The van der Waals surface area contributed by atoms with Gasteiger partial charge < -0.3 is 10.1 Å². The number of para-hydroxylation sites is 2. The Kier molecular flexibility index (Phi) is 4.39. The van der Waals surface area contributed by atoms with Crippen molar-refractivity contribution in [1.82, 2.24) is 9.97 Å². The lowest BCUT2D eigenvalue weighted by atomic mass is 10.2. The molecule has 0 spiro atoms. The molecule has 0 saturated carbocycles. The predicted octanol–water partition coefficient (Wildman–Crippen LogP) is 3.99. The van der Waals surface area contributed by atoms with Crippen LogP contribution in [0.2, 0.25) is 0 Å². The lowest BCUT2D eigenvalue weighted by Crippen LogP contribution is -2.06. The minimum absolute atomic E-state index is 0.286. The number of hydrogen-bond acceptors (Lipinski definition) is 4. The van der Waals surface area contributed by atoms with Gasteiger partial charge in [0.25, 0.3) is 0 Å². The van der Waals surface area contributed by atoms with E-state index in [0.717, 1.165) is 28.0 Å². The molecule has 0 aliphatic heterocycles. The van der Waals surface area contributed by atoms with Gasteiger partial charge in [-0.25, -0.2) is 9.97 Å². The molecule has 0 saturated heterocycles. The van der Waals surface area contributed by atoms with E-state index in [1.807, 2.05) is 48.5 Å². The third-order valence-corrected chi connectivity index (χ3v) is 3.65. The second-order valence-electron chi connectivity index (χ2n) is 4.80. The Morgan fingerprint density at radius 2 is 1.82 bits per heavy atom. The third-order valence-electron chi connectivity index (χ3n) is 3.41. The highest BCUT2D eigenvalue weighted by Crippen LogP contribution is 2.23. The van der Waals surface area contributed by atoms with Crippen molar-refractivity contribution in [3.63, 3.8) is 0 Å². The third kappa shape index (κ3) is 2.97. The van der Waals surface area contributed by atoms with Crippen molar-refractivity contribution in [2.24, 2.45) is 0 Å². The van der Waals surface area contributed by atoms with Gasteiger partial charge in [-0.15, -0.1) is 11.6 Å². The van der Waals surface area contributed by atoms with Crippen LogP contribution in [0.4, 0.5) is 5.82 Å². The molecule has 0 bridgehead atoms. The molecule has 3 aromatic rings. The van der Waals surface area contributed by atoms with Gasteiger partial charge in [0.15, 0.2) is 0 Å². The smallest absolute Gasteiger partial charge is 0.146 e. The largest absolute Gasteiger partial charge is 0.496 e. The van der Waals surface area contributed by atoms with E-state index in [0.29, 0.717) is 12.4 Å². The molecule has 0 unspecified atom stereocenters. The van der Waals surface area contributed by atoms with E-state index in [9.17, 15) is 0 Å². The van der Waals surface area contributed by atoms with E-state index >= 15 is 0 Å². The molecule has 5 heteroatoms. The predicted molar refractivity (Wildman–Crippen MR) is 89.4 cm³/mol. The minimum Gasteiger partial charge on any atom is -0.496 e. The van der Waals surface area contributed by atoms with Crippen LogP contribution in [0.1, 0.15) is 11.4 Å². The molecule has 0 amide bonds. The maximum atomic E-state index is 5.89. The average Bonchev–Trinajstić information content (AvgIpc) is 2.59. The molecule has 0 radical (unpaired) electrons. The second kappa shape index (κ2) is 6.62. The SMILES string of the molecule is COc1ccccc1CNc1nc(CCl)nc2ccccc12. The average molecular weight is 314 g/mol. The molecular weight excluding hydrogens is 298 g/mol. The molecule has 112 valence electrons. The molecule has 0 fully saturated rings. The fourth-order valence-electron chi connectivity index (χ4n) is 2.35. The van der Waals surface area contributed by atoms with Crippen LogP contribution in [-0.4, -0.2) is 17.1 Å². The molecule has 0 aliphatic rings. The Bertz CT molecular complexity index is 792. The van der Waals surface area contributed by atoms with E-state index < -0.39 is 0 Å². The lowest BCUT2D eigenvalue weighted by Gasteiger charge is -2.12. The molecule has 2 aromatic carbocycles. The first-order valence-corrected chi connectivity index (χ1v) is 7.52. The van der Waals surface area contributed by atoms with Crippen molar-refractivity contribution in [2.45, 2.75) is 12.4 Å². The van der Waals surface area contributed by atoms with Gasteiger partial charge in [0, 0.05) is 17.5 Å². The Balaban J connectivity index is 1.93.